The molecule has 2 atom stereocenters. The molecule has 0 saturated heterocycles. The van der Waals surface area contributed by atoms with Gasteiger partial charge in [0.05, 0.1) is 25.4 Å². The van der Waals surface area contributed by atoms with E-state index in [9.17, 15) is 19.8 Å². The number of unbranched alkanes of at least 4 members (excludes halogenated alkanes) is 40. The summed E-state index contributed by atoms with van der Waals surface area (Å²) < 4.78 is 5.48. The van der Waals surface area contributed by atoms with Gasteiger partial charge >= 0.3 is 5.97 Å². The van der Waals surface area contributed by atoms with Gasteiger partial charge in [-0.25, -0.2) is 0 Å². The number of hydrogen-bond acceptors (Lipinski definition) is 5. The number of ether oxygens (including phenoxy) is 1. The molecule has 0 aliphatic heterocycles. The van der Waals surface area contributed by atoms with Crippen molar-refractivity contribution in [1.29, 1.82) is 0 Å². The number of nitrogens with one attached hydrogen (secondary N) is 1. The molecule has 0 aliphatic carbocycles. The van der Waals surface area contributed by atoms with Gasteiger partial charge in [-0.3, -0.25) is 9.59 Å². The van der Waals surface area contributed by atoms with Crippen LogP contribution in [0.1, 0.15) is 322 Å². The quantitative estimate of drug-likeness (QED) is 0.0321. The van der Waals surface area contributed by atoms with Gasteiger partial charge in [0.25, 0.3) is 0 Å². The number of esters is 1. The average Bonchev–Trinajstić information content (AvgIpc) is 3.32. The summed E-state index contributed by atoms with van der Waals surface area (Å²) in [5.74, 6) is -0.0469. The van der Waals surface area contributed by atoms with E-state index in [1.807, 2.05) is 0 Å². The second kappa shape index (κ2) is 55.9. The third-order valence-electron chi connectivity index (χ3n) is 13.7. The van der Waals surface area contributed by atoms with E-state index >= 15 is 0 Å². The highest BCUT2D eigenvalue weighted by Crippen LogP contribution is 2.17. The van der Waals surface area contributed by atoms with Crippen LogP contribution in [0.3, 0.4) is 0 Å². The number of rotatable bonds is 55. The van der Waals surface area contributed by atoms with Crippen molar-refractivity contribution in [2.45, 2.75) is 334 Å². The Labute approximate surface area is 411 Å². The van der Waals surface area contributed by atoms with Crippen LogP contribution in [0, 0.1) is 0 Å². The van der Waals surface area contributed by atoms with E-state index in [0.717, 1.165) is 44.9 Å². The lowest BCUT2D eigenvalue weighted by Gasteiger charge is -2.22. The first-order valence-electron chi connectivity index (χ1n) is 29.6. The van der Waals surface area contributed by atoms with Gasteiger partial charge < -0.3 is 20.3 Å². The molecule has 0 saturated carbocycles. The fraction of sp³-hybridized carbons (Fsp3) is 0.900. The molecular weight excluding hydrogens is 815 g/mol. The fourth-order valence-corrected chi connectivity index (χ4v) is 9.16. The Kier molecular flexibility index (Phi) is 54.5. The van der Waals surface area contributed by atoms with Gasteiger partial charge in [0.15, 0.2) is 0 Å². The van der Waals surface area contributed by atoms with E-state index in [0.29, 0.717) is 25.9 Å². The molecule has 0 rings (SSSR count). The Morgan fingerprint density at radius 3 is 1.08 bits per heavy atom. The van der Waals surface area contributed by atoms with Crippen molar-refractivity contribution in [2.24, 2.45) is 0 Å². The van der Waals surface area contributed by atoms with Crippen LogP contribution in [-0.2, 0) is 14.3 Å². The number of allylic oxidation sites excluding steroid dienone is 4. The monoisotopic (exact) mass is 930 g/mol. The van der Waals surface area contributed by atoms with Crippen molar-refractivity contribution in [2.75, 3.05) is 13.2 Å². The minimum absolute atomic E-state index is 0.00318. The lowest BCUT2D eigenvalue weighted by Crippen LogP contribution is -2.45. The van der Waals surface area contributed by atoms with E-state index in [-0.39, 0.29) is 18.5 Å². The smallest absolute Gasteiger partial charge is 0.305 e. The maximum atomic E-state index is 12.5. The second-order valence-corrected chi connectivity index (χ2v) is 20.3. The lowest BCUT2D eigenvalue weighted by molar-refractivity contribution is -0.143. The van der Waals surface area contributed by atoms with E-state index in [2.05, 4.69) is 43.5 Å². The van der Waals surface area contributed by atoms with Gasteiger partial charge in [-0.2, -0.15) is 0 Å². The summed E-state index contributed by atoms with van der Waals surface area (Å²) in [7, 11) is 0. The molecule has 0 aromatic carbocycles. The lowest BCUT2D eigenvalue weighted by atomic mass is 10.0. The Bertz CT molecular complexity index is 1030. The van der Waals surface area contributed by atoms with Crippen LogP contribution in [-0.4, -0.2) is 47.4 Å². The molecule has 0 fully saturated rings. The van der Waals surface area contributed by atoms with Gasteiger partial charge in [0, 0.05) is 12.8 Å². The highest BCUT2D eigenvalue weighted by Gasteiger charge is 2.20. The van der Waals surface area contributed by atoms with Crippen molar-refractivity contribution in [1.82, 2.24) is 5.32 Å². The summed E-state index contributed by atoms with van der Waals surface area (Å²) in [6, 6.07) is -0.548. The van der Waals surface area contributed by atoms with E-state index in [4.69, 9.17) is 4.74 Å². The van der Waals surface area contributed by atoms with Crippen LogP contribution in [0.25, 0.3) is 0 Å². The summed E-state index contributed by atoms with van der Waals surface area (Å²) in [6.45, 7) is 4.94. The minimum Gasteiger partial charge on any atom is -0.466 e. The molecule has 0 aromatic heterocycles. The molecule has 6 heteroatoms. The molecule has 0 heterocycles. The summed E-state index contributed by atoms with van der Waals surface area (Å²) in [5, 5.41) is 23.2. The largest absolute Gasteiger partial charge is 0.466 e. The topological polar surface area (TPSA) is 95.9 Å². The third kappa shape index (κ3) is 51.7. The van der Waals surface area contributed by atoms with Crippen LogP contribution in [0.4, 0.5) is 0 Å². The highest BCUT2D eigenvalue weighted by atomic mass is 16.5. The van der Waals surface area contributed by atoms with Gasteiger partial charge in [-0.1, -0.05) is 256 Å². The first kappa shape index (κ1) is 64.3. The Morgan fingerprint density at radius 2 is 0.712 bits per heavy atom. The van der Waals surface area contributed by atoms with Crippen molar-refractivity contribution in [3.8, 4) is 0 Å². The van der Waals surface area contributed by atoms with Crippen LogP contribution >= 0.6 is 0 Å². The van der Waals surface area contributed by atoms with Crippen molar-refractivity contribution in [3.05, 3.63) is 24.3 Å². The second-order valence-electron chi connectivity index (χ2n) is 20.3. The highest BCUT2D eigenvalue weighted by molar-refractivity contribution is 5.76. The number of carbonyl (C=O) groups is 2. The number of hydrogen-bond donors (Lipinski definition) is 3. The summed E-state index contributed by atoms with van der Waals surface area (Å²) in [6.07, 6.45) is 67.4. The zero-order chi connectivity index (χ0) is 47.9. The summed E-state index contributed by atoms with van der Waals surface area (Å²) in [5.41, 5.74) is 0. The molecule has 0 aliphatic rings. The molecule has 0 radical (unpaired) electrons. The Hall–Kier alpha value is -1.66. The Morgan fingerprint density at radius 1 is 0.409 bits per heavy atom. The van der Waals surface area contributed by atoms with E-state index in [1.54, 1.807) is 0 Å². The standard InChI is InChI=1S/C60H115NO5/c1-3-5-7-9-11-13-15-17-19-26-30-34-38-42-46-50-54-60(65)66-55-51-47-43-39-35-31-27-24-22-20-21-23-25-29-33-37-41-45-49-53-59(64)61-57(56-62)58(63)52-48-44-40-36-32-28-18-16-14-12-10-8-6-4-2/h19-21,26,57-58,62-63H,3-18,22-25,27-56H2,1-2H3,(H,61,64)/b21-20-,26-19-. The molecule has 6 nitrogen and oxygen atoms in total. The first-order valence-corrected chi connectivity index (χ1v) is 29.6. The molecule has 0 aromatic rings. The maximum absolute atomic E-state index is 12.5. The predicted octanol–water partition coefficient (Wildman–Crippen LogP) is 18.2. The van der Waals surface area contributed by atoms with Gasteiger partial charge in [0.1, 0.15) is 0 Å². The van der Waals surface area contributed by atoms with Gasteiger partial charge in [0.2, 0.25) is 5.91 Å². The molecule has 0 bridgehead atoms. The normalized spacial score (nSPS) is 12.7. The number of amides is 1. The maximum Gasteiger partial charge on any atom is 0.305 e. The van der Waals surface area contributed by atoms with E-state index in [1.165, 1.54) is 244 Å². The van der Waals surface area contributed by atoms with Crippen molar-refractivity contribution in [3.63, 3.8) is 0 Å². The number of aliphatic hydroxyl groups is 2. The Balaban J connectivity index is 3.43. The molecule has 390 valence electrons. The van der Waals surface area contributed by atoms with Crippen LogP contribution in [0.15, 0.2) is 24.3 Å². The van der Waals surface area contributed by atoms with Gasteiger partial charge in [-0.05, 0) is 77.0 Å². The molecule has 0 spiro atoms. The van der Waals surface area contributed by atoms with Crippen LogP contribution in [0.2, 0.25) is 0 Å². The van der Waals surface area contributed by atoms with Crippen LogP contribution in [0.5, 0.6) is 0 Å². The summed E-state index contributed by atoms with van der Waals surface area (Å²) >= 11 is 0. The SMILES string of the molecule is CCCCCCCCC/C=C\CCCCCCCC(=O)OCCCCCCCCCC/C=C\CCCCCCCCCC(=O)NC(CO)C(O)CCCCCCCCCCCCCCCC. The molecule has 3 N–H and O–H groups in total. The zero-order valence-corrected chi connectivity index (χ0v) is 44.4. The fourth-order valence-electron chi connectivity index (χ4n) is 9.16. The summed E-state index contributed by atoms with van der Waals surface area (Å²) in [4.78, 5) is 24.5. The molecule has 66 heavy (non-hydrogen) atoms. The number of carbonyl (C=O) groups excluding carboxylic acids is 2. The predicted molar refractivity (Wildman–Crippen MR) is 287 cm³/mol. The van der Waals surface area contributed by atoms with Crippen molar-refractivity contribution < 1.29 is 24.5 Å². The average molecular weight is 931 g/mol. The minimum atomic E-state index is -0.670. The molecular formula is C60H115NO5. The van der Waals surface area contributed by atoms with Crippen LogP contribution < -0.4 is 5.32 Å². The first-order chi connectivity index (χ1) is 32.5. The van der Waals surface area contributed by atoms with Gasteiger partial charge in [-0.15, -0.1) is 0 Å². The molecule has 2 unspecified atom stereocenters. The third-order valence-corrected chi connectivity index (χ3v) is 13.7. The zero-order valence-electron chi connectivity index (χ0n) is 44.4. The van der Waals surface area contributed by atoms with Crippen molar-refractivity contribution >= 4 is 11.9 Å². The van der Waals surface area contributed by atoms with E-state index < -0.39 is 12.1 Å². The molecule has 1 amide bonds. The number of aliphatic hydroxyl groups excluding tert-OH is 2.